The minimum absolute atomic E-state index is 0.00694. The molecule has 0 bridgehead atoms. The molecule has 0 saturated heterocycles. The first-order valence-electron chi connectivity index (χ1n) is 2.09. The number of nitrogens with two attached hydrogens (primary N) is 2. The number of nitrogens with one attached hydrogen (secondary N) is 1. The molecule has 0 unspecified atom stereocenters. The Morgan fingerprint density at radius 1 is 1.56 bits per heavy atom. The van der Waals surface area contributed by atoms with Gasteiger partial charge in [0.25, 0.3) is 5.95 Å². The van der Waals surface area contributed by atoms with E-state index in [4.69, 9.17) is 17.1 Å². The van der Waals surface area contributed by atoms with E-state index in [1.165, 1.54) is 0 Å². The van der Waals surface area contributed by atoms with Crippen LogP contribution in [0.1, 0.15) is 0 Å². The SMILES string of the molecule is N=Nc1nnc(N)n1N. The molecule has 0 aliphatic heterocycles. The largest absolute Gasteiger partial charge is 0.366 e. The van der Waals surface area contributed by atoms with E-state index in [-0.39, 0.29) is 11.9 Å². The van der Waals surface area contributed by atoms with Crippen LogP contribution in [0.25, 0.3) is 0 Å². The average Bonchev–Trinajstić information content (AvgIpc) is 2.15. The first kappa shape index (κ1) is 5.48. The van der Waals surface area contributed by atoms with Crippen molar-refractivity contribution in [3.63, 3.8) is 0 Å². The van der Waals surface area contributed by atoms with Gasteiger partial charge in [-0.2, -0.15) is 4.68 Å². The molecule has 0 aliphatic rings. The second-order valence-electron chi connectivity index (χ2n) is 1.34. The van der Waals surface area contributed by atoms with Crippen molar-refractivity contribution in [2.24, 2.45) is 5.11 Å². The number of anilines is 1. The third-order valence-electron chi connectivity index (χ3n) is 0.804. The molecule has 0 amide bonds. The Bertz CT molecular complexity index is 223. The maximum Gasteiger partial charge on any atom is 0.289 e. The Hall–Kier alpha value is -1.66. The monoisotopic (exact) mass is 127 g/mol. The smallest absolute Gasteiger partial charge is 0.289 e. The van der Waals surface area contributed by atoms with E-state index >= 15 is 0 Å². The zero-order valence-electron chi connectivity index (χ0n) is 4.44. The van der Waals surface area contributed by atoms with Crippen LogP contribution in [0.4, 0.5) is 11.9 Å². The molecule has 1 heterocycles. The third kappa shape index (κ3) is 0.671. The zero-order valence-corrected chi connectivity index (χ0v) is 4.44. The fourth-order valence-electron chi connectivity index (χ4n) is 0.371. The number of nitrogen functional groups attached to an aromatic ring is 2. The van der Waals surface area contributed by atoms with E-state index in [0.717, 1.165) is 4.68 Å². The van der Waals surface area contributed by atoms with E-state index in [2.05, 4.69) is 15.3 Å². The van der Waals surface area contributed by atoms with E-state index < -0.39 is 0 Å². The number of rotatable bonds is 1. The van der Waals surface area contributed by atoms with Crippen LogP contribution >= 0.6 is 0 Å². The molecule has 1 aromatic rings. The van der Waals surface area contributed by atoms with Gasteiger partial charge in [-0.25, -0.2) is 5.53 Å². The molecule has 7 nitrogen and oxygen atoms in total. The van der Waals surface area contributed by atoms with Crippen molar-refractivity contribution in [2.75, 3.05) is 11.6 Å². The highest BCUT2D eigenvalue weighted by molar-refractivity contribution is 5.26. The Labute approximate surface area is 50.1 Å². The summed E-state index contributed by atoms with van der Waals surface area (Å²) < 4.78 is 0.924. The van der Waals surface area contributed by atoms with Gasteiger partial charge in [-0.15, -0.1) is 15.3 Å². The quantitative estimate of drug-likeness (QED) is 0.339. The van der Waals surface area contributed by atoms with Crippen molar-refractivity contribution in [3.8, 4) is 0 Å². The lowest BCUT2D eigenvalue weighted by Crippen LogP contribution is -2.10. The Morgan fingerprint density at radius 2 is 2.22 bits per heavy atom. The maximum atomic E-state index is 6.46. The topological polar surface area (TPSA) is 119 Å². The van der Waals surface area contributed by atoms with Crippen molar-refractivity contribution in [1.29, 1.82) is 5.53 Å². The van der Waals surface area contributed by atoms with Gasteiger partial charge in [-0.1, -0.05) is 0 Å². The van der Waals surface area contributed by atoms with E-state index in [0.29, 0.717) is 0 Å². The van der Waals surface area contributed by atoms with E-state index in [1.807, 2.05) is 0 Å². The Morgan fingerprint density at radius 3 is 2.44 bits per heavy atom. The fraction of sp³-hybridized carbons (Fsp3) is 0. The summed E-state index contributed by atoms with van der Waals surface area (Å²) in [6, 6.07) is 0. The lowest BCUT2D eigenvalue weighted by atomic mass is 11.0. The third-order valence-corrected chi connectivity index (χ3v) is 0.804. The number of hydrogen-bond donors (Lipinski definition) is 3. The van der Waals surface area contributed by atoms with Crippen LogP contribution in [0, 0.1) is 5.53 Å². The Kier molecular flexibility index (Phi) is 1.03. The normalized spacial score (nSPS) is 9.33. The summed E-state index contributed by atoms with van der Waals surface area (Å²) in [5.41, 5.74) is 11.6. The summed E-state index contributed by atoms with van der Waals surface area (Å²) >= 11 is 0. The first-order valence-corrected chi connectivity index (χ1v) is 2.09. The molecular formula is C2H5N7. The summed E-state index contributed by atoms with van der Waals surface area (Å²) in [6.07, 6.45) is 0. The van der Waals surface area contributed by atoms with Crippen LogP contribution in [0.15, 0.2) is 5.11 Å². The van der Waals surface area contributed by atoms with Crippen LogP contribution in [-0.2, 0) is 0 Å². The van der Waals surface area contributed by atoms with Gasteiger partial charge in [0, 0.05) is 0 Å². The number of hydrogen-bond acceptors (Lipinski definition) is 6. The molecule has 0 aliphatic carbocycles. The molecule has 0 spiro atoms. The molecular weight excluding hydrogens is 122 g/mol. The maximum absolute atomic E-state index is 6.46. The number of aromatic nitrogens is 3. The van der Waals surface area contributed by atoms with Crippen LogP contribution < -0.4 is 11.6 Å². The summed E-state index contributed by atoms with van der Waals surface area (Å²) in [7, 11) is 0. The van der Waals surface area contributed by atoms with Gasteiger partial charge < -0.3 is 11.6 Å². The van der Waals surface area contributed by atoms with E-state index in [1.54, 1.807) is 0 Å². The first-order chi connectivity index (χ1) is 4.25. The second kappa shape index (κ2) is 1.69. The van der Waals surface area contributed by atoms with Gasteiger partial charge in [0.05, 0.1) is 0 Å². The zero-order chi connectivity index (χ0) is 6.85. The predicted octanol–water partition coefficient (Wildman–Crippen LogP) is -0.763. The summed E-state index contributed by atoms with van der Waals surface area (Å²) in [5, 5.41) is 9.61. The molecule has 5 N–H and O–H groups in total. The van der Waals surface area contributed by atoms with Gasteiger partial charge >= 0.3 is 0 Å². The molecule has 7 heteroatoms. The molecule has 48 valence electrons. The molecule has 1 aromatic heterocycles. The lowest BCUT2D eigenvalue weighted by molar-refractivity contribution is 0.945. The summed E-state index contributed by atoms with van der Waals surface area (Å²) in [5.74, 6) is 5.20. The highest BCUT2D eigenvalue weighted by Crippen LogP contribution is 2.05. The minimum Gasteiger partial charge on any atom is -0.366 e. The lowest BCUT2D eigenvalue weighted by Gasteiger charge is -1.90. The number of nitrogens with zero attached hydrogens (tertiary/aromatic N) is 4. The van der Waals surface area contributed by atoms with Crippen molar-refractivity contribution in [3.05, 3.63) is 0 Å². The van der Waals surface area contributed by atoms with Crippen molar-refractivity contribution in [1.82, 2.24) is 14.9 Å². The van der Waals surface area contributed by atoms with Crippen molar-refractivity contribution in [2.45, 2.75) is 0 Å². The van der Waals surface area contributed by atoms with Gasteiger partial charge in [0.2, 0.25) is 5.95 Å². The summed E-state index contributed by atoms with van der Waals surface area (Å²) in [6.45, 7) is 0. The molecule has 0 saturated carbocycles. The standard InChI is InChI=1S/C2H5N7/c3-1-7-8-2(6-4)9(1)5/h4H,5H2,(H2,3,7). The molecule has 0 atom stereocenters. The van der Waals surface area contributed by atoms with Gasteiger partial charge in [0.1, 0.15) is 0 Å². The van der Waals surface area contributed by atoms with Crippen LogP contribution in [0.3, 0.4) is 0 Å². The highest BCUT2D eigenvalue weighted by Gasteiger charge is 2.01. The molecule has 0 aromatic carbocycles. The van der Waals surface area contributed by atoms with Gasteiger partial charge in [-0.3, -0.25) is 0 Å². The predicted molar refractivity (Wildman–Crippen MR) is 29.4 cm³/mol. The molecule has 0 fully saturated rings. The molecule has 0 radical (unpaired) electrons. The van der Waals surface area contributed by atoms with E-state index in [9.17, 15) is 0 Å². The second-order valence-corrected chi connectivity index (χ2v) is 1.34. The average molecular weight is 127 g/mol. The fourth-order valence-corrected chi connectivity index (χ4v) is 0.371. The van der Waals surface area contributed by atoms with Crippen molar-refractivity contribution < 1.29 is 0 Å². The van der Waals surface area contributed by atoms with Gasteiger partial charge in [-0.05, 0) is 0 Å². The van der Waals surface area contributed by atoms with Crippen LogP contribution in [0.2, 0.25) is 0 Å². The molecule has 9 heavy (non-hydrogen) atoms. The Balaban J connectivity index is 3.18. The van der Waals surface area contributed by atoms with Crippen LogP contribution in [0.5, 0.6) is 0 Å². The van der Waals surface area contributed by atoms with Crippen LogP contribution in [-0.4, -0.2) is 14.9 Å². The highest BCUT2D eigenvalue weighted by atomic mass is 15.5. The minimum atomic E-state index is -0.00694. The van der Waals surface area contributed by atoms with Crippen molar-refractivity contribution >= 4 is 11.9 Å². The van der Waals surface area contributed by atoms with Gasteiger partial charge in [0.15, 0.2) is 0 Å². The molecule has 1 rings (SSSR count). The summed E-state index contributed by atoms with van der Waals surface area (Å²) in [4.78, 5) is 0.